The van der Waals surface area contributed by atoms with E-state index < -0.39 is 0 Å². The summed E-state index contributed by atoms with van der Waals surface area (Å²) in [5.41, 5.74) is 1.62. The molecule has 1 atom stereocenters. The lowest BCUT2D eigenvalue weighted by Crippen LogP contribution is -2.55. The summed E-state index contributed by atoms with van der Waals surface area (Å²) >= 11 is 0. The van der Waals surface area contributed by atoms with E-state index in [-0.39, 0.29) is 17.2 Å². The Morgan fingerprint density at radius 2 is 1.96 bits per heavy atom. The van der Waals surface area contributed by atoms with Gasteiger partial charge in [0.25, 0.3) is 5.91 Å². The number of rotatable bonds is 4. The van der Waals surface area contributed by atoms with Crippen molar-refractivity contribution in [2.45, 2.75) is 71.6 Å². The first-order valence-electron chi connectivity index (χ1n) is 11.0. The van der Waals surface area contributed by atoms with E-state index in [1.807, 2.05) is 4.90 Å². The quantitative estimate of drug-likeness (QED) is 0.794. The molecular formula is C22H33N3O3. The molecule has 2 amide bonds. The van der Waals surface area contributed by atoms with Gasteiger partial charge in [0.15, 0.2) is 5.69 Å². The predicted molar refractivity (Wildman–Crippen MR) is 106 cm³/mol. The van der Waals surface area contributed by atoms with Crippen LogP contribution in [0, 0.1) is 11.3 Å². The predicted octanol–water partition coefficient (Wildman–Crippen LogP) is 3.44. The molecule has 0 aromatic carbocycles. The number of likely N-dealkylation sites (tertiary alicyclic amines) is 2. The van der Waals surface area contributed by atoms with Gasteiger partial charge in [-0.1, -0.05) is 19.0 Å². The second kappa shape index (κ2) is 7.88. The number of carbonyl (C=O) groups excluding carboxylic acids is 2. The lowest BCUT2D eigenvalue weighted by atomic mass is 9.73. The van der Waals surface area contributed by atoms with Gasteiger partial charge >= 0.3 is 0 Å². The second-order valence-corrected chi connectivity index (χ2v) is 9.47. The van der Waals surface area contributed by atoms with E-state index in [1.165, 1.54) is 0 Å². The largest absolute Gasteiger partial charge is 0.360 e. The summed E-state index contributed by atoms with van der Waals surface area (Å²) in [7, 11) is 0. The van der Waals surface area contributed by atoms with Crippen LogP contribution in [0.15, 0.2) is 4.52 Å². The maximum absolute atomic E-state index is 13.2. The molecule has 1 aromatic rings. The fraction of sp³-hybridized carbons (Fsp3) is 0.773. The molecule has 4 rings (SSSR count). The third-order valence-electron chi connectivity index (χ3n) is 6.83. The number of hydrogen-bond acceptors (Lipinski definition) is 4. The minimum Gasteiger partial charge on any atom is -0.360 e. The molecule has 0 N–H and O–H groups in total. The molecule has 6 heteroatoms. The standard InChI is InChI=1S/C22H33N3O3/c1-16(2)9-13-24-14-22(11-8-19(24)26)10-5-12-25(15-22)21(27)20-17-6-3-4-7-18(17)28-23-20/h16H,3-15H2,1-2H3/t22-/m0/s1. The Kier molecular flexibility index (Phi) is 5.48. The van der Waals surface area contributed by atoms with Gasteiger partial charge in [-0.05, 0) is 50.9 Å². The van der Waals surface area contributed by atoms with E-state index in [4.69, 9.17) is 4.52 Å². The molecule has 0 radical (unpaired) electrons. The summed E-state index contributed by atoms with van der Waals surface area (Å²) in [6.45, 7) is 7.54. The van der Waals surface area contributed by atoms with E-state index in [0.717, 1.165) is 88.9 Å². The molecule has 2 aliphatic heterocycles. The number of aromatic nitrogens is 1. The maximum Gasteiger partial charge on any atom is 0.276 e. The van der Waals surface area contributed by atoms with Crippen LogP contribution in [-0.2, 0) is 17.6 Å². The molecule has 2 fully saturated rings. The minimum atomic E-state index is 0.0246. The van der Waals surface area contributed by atoms with Gasteiger partial charge in [-0.15, -0.1) is 0 Å². The number of carbonyl (C=O) groups is 2. The number of nitrogens with zero attached hydrogens (tertiary/aromatic N) is 3. The Morgan fingerprint density at radius 3 is 2.79 bits per heavy atom. The summed E-state index contributed by atoms with van der Waals surface area (Å²) in [5, 5.41) is 4.15. The van der Waals surface area contributed by atoms with E-state index in [1.54, 1.807) is 0 Å². The fourth-order valence-corrected chi connectivity index (χ4v) is 5.14. The van der Waals surface area contributed by atoms with Gasteiger partial charge in [-0.3, -0.25) is 9.59 Å². The maximum atomic E-state index is 13.2. The normalized spacial score (nSPS) is 25.5. The topological polar surface area (TPSA) is 66.7 Å². The van der Waals surface area contributed by atoms with Crippen molar-refractivity contribution in [1.82, 2.24) is 15.0 Å². The fourth-order valence-electron chi connectivity index (χ4n) is 5.14. The first-order chi connectivity index (χ1) is 13.5. The van der Waals surface area contributed by atoms with Crippen molar-refractivity contribution in [3.63, 3.8) is 0 Å². The van der Waals surface area contributed by atoms with Gasteiger partial charge in [0.2, 0.25) is 5.91 Å². The highest BCUT2D eigenvalue weighted by atomic mass is 16.5. The van der Waals surface area contributed by atoms with Crippen LogP contribution in [0.1, 0.15) is 80.6 Å². The minimum absolute atomic E-state index is 0.0246. The van der Waals surface area contributed by atoms with E-state index in [9.17, 15) is 9.59 Å². The average molecular weight is 388 g/mol. The van der Waals surface area contributed by atoms with Crippen LogP contribution >= 0.6 is 0 Å². The first kappa shape index (κ1) is 19.5. The van der Waals surface area contributed by atoms with Gasteiger partial charge in [0.05, 0.1) is 0 Å². The number of hydrogen-bond donors (Lipinski definition) is 0. The zero-order valence-corrected chi connectivity index (χ0v) is 17.3. The molecule has 3 heterocycles. The van der Waals surface area contributed by atoms with Crippen LogP contribution < -0.4 is 0 Å². The number of amides is 2. The molecular weight excluding hydrogens is 354 g/mol. The molecule has 2 saturated heterocycles. The van der Waals surface area contributed by atoms with E-state index >= 15 is 0 Å². The molecule has 1 spiro atoms. The lowest BCUT2D eigenvalue weighted by Gasteiger charge is -2.48. The van der Waals surface area contributed by atoms with Crippen LogP contribution in [0.4, 0.5) is 0 Å². The number of aryl methyl sites for hydroxylation is 1. The Labute approximate surface area is 167 Å². The smallest absolute Gasteiger partial charge is 0.276 e. The Balaban J connectivity index is 1.47. The van der Waals surface area contributed by atoms with Gasteiger partial charge < -0.3 is 14.3 Å². The average Bonchev–Trinajstić information content (AvgIpc) is 3.12. The molecule has 1 aromatic heterocycles. The SMILES string of the molecule is CC(C)CCN1C[C@]2(CCCN(C(=O)c3noc4c3CCCC4)C2)CCC1=O. The van der Waals surface area contributed by atoms with Crippen LogP contribution in [0.2, 0.25) is 0 Å². The summed E-state index contributed by atoms with van der Waals surface area (Å²) in [6, 6.07) is 0. The van der Waals surface area contributed by atoms with Crippen molar-refractivity contribution >= 4 is 11.8 Å². The van der Waals surface area contributed by atoms with Gasteiger partial charge in [0, 0.05) is 50.0 Å². The Bertz CT molecular complexity index is 741. The molecule has 28 heavy (non-hydrogen) atoms. The zero-order chi connectivity index (χ0) is 19.7. The van der Waals surface area contributed by atoms with Crippen molar-refractivity contribution in [1.29, 1.82) is 0 Å². The second-order valence-electron chi connectivity index (χ2n) is 9.47. The first-order valence-corrected chi connectivity index (χ1v) is 11.0. The molecule has 3 aliphatic rings. The molecule has 6 nitrogen and oxygen atoms in total. The number of fused-ring (bicyclic) bond motifs is 1. The monoisotopic (exact) mass is 387 g/mol. The Morgan fingerprint density at radius 1 is 1.14 bits per heavy atom. The molecule has 154 valence electrons. The lowest BCUT2D eigenvalue weighted by molar-refractivity contribution is -0.139. The molecule has 0 unspecified atom stereocenters. The van der Waals surface area contributed by atoms with Crippen molar-refractivity contribution in [3.8, 4) is 0 Å². The molecule has 0 bridgehead atoms. The van der Waals surface area contributed by atoms with Gasteiger partial charge in [-0.2, -0.15) is 0 Å². The third kappa shape index (κ3) is 3.83. The highest BCUT2D eigenvalue weighted by molar-refractivity contribution is 5.94. The Hall–Kier alpha value is -1.85. The van der Waals surface area contributed by atoms with Gasteiger partial charge in [-0.25, -0.2) is 0 Å². The van der Waals surface area contributed by atoms with Crippen molar-refractivity contribution in [2.24, 2.45) is 11.3 Å². The van der Waals surface area contributed by atoms with E-state index in [0.29, 0.717) is 18.0 Å². The van der Waals surface area contributed by atoms with E-state index in [2.05, 4.69) is 23.9 Å². The number of piperidine rings is 2. The van der Waals surface area contributed by atoms with Crippen LogP contribution in [0.25, 0.3) is 0 Å². The van der Waals surface area contributed by atoms with Crippen LogP contribution in [-0.4, -0.2) is 52.9 Å². The summed E-state index contributed by atoms with van der Waals surface area (Å²) in [6.07, 6.45) is 8.65. The summed E-state index contributed by atoms with van der Waals surface area (Å²) < 4.78 is 5.47. The van der Waals surface area contributed by atoms with Crippen LogP contribution in [0.3, 0.4) is 0 Å². The third-order valence-corrected chi connectivity index (χ3v) is 6.83. The highest BCUT2D eigenvalue weighted by Crippen LogP contribution is 2.39. The van der Waals surface area contributed by atoms with Crippen LogP contribution in [0.5, 0.6) is 0 Å². The molecule has 0 saturated carbocycles. The summed E-state index contributed by atoms with van der Waals surface area (Å²) in [5.74, 6) is 1.80. The van der Waals surface area contributed by atoms with Crippen molar-refractivity contribution in [2.75, 3.05) is 26.2 Å². The van der Waals surface area contributed by atoms with Gasteiger partial charge in [0.1, 0.15) is 5.76 Å². The molecule has 1 aliphatic carbocycles. The summed E-state index contributed by atoms with van der Waals surface area (Å²) in [4.78, 5) is 29.7. The zero-order valence-electron chi connectivity index (χ0n) is 17.3. The van der Waals surface area contributed by atoms with Crippen molar-refractivity contribution in [3.05, 3.63) is 17.0 Å². The van der Waals surface area contributed by atoms with Crippen molar-refractivity contribution < 1.29 is 14.1 Å². The highest BCUT2D eigenvalue weighted by Gasteiger charge is 2.43.